The molecule has 28 heavy (non-hydrogen) atoms. The predicted molar refractivity (Wildman–Crippen MR) is 96.0 cm³/mol. The number of phenolic OH excluding ortho intramolecular Hbond substituents is 1. The number of alkyl halides is 3. The largest absolute Gasteiger partial charge is 0.507 e. The molecule has 0 atom stereocenters. The Kier molecular flexibility index (Phi) is 5.40. The number of nitrogens with zero attached hydrogens (tertiary/aromatic N) is 1. The lowest BCUT2D eigenvalue weighted by molar-refractivity contribution is -0.138. The second kappa shape index (κ2) is 7.48. The molecule has 0 bridgehead atoms. The number of aromatic hydroxyl groups is 1. The van der Waals surface area contributed by atoms with Gasteiger partial charge in [0.2, 0.25) is 0 Å². The fraction of sp³-hybridized carbons (Fsp3) is 0.111. The molecular formula is C18H10ClF4NO3S. The van der Waals surface area contributed by atoms with E-state index in [1.165, 1.54) is 12.1 Å². The zero-order valence-corrected chi connectivity index (χ0v) is 15.3. The van der Waals surface area contributed by atoms with E-state index in [4.69, 9.17) is 11.6 Å². The standard InChI is InChI=1S/C18H10ClF4NO3S/c19-11-3-10(4-12(20)7-11)8-24-16(26)15(28-17(24)27)6-9-1-2-14(25)13(5-9)18(21,22)23/h1-7,25H,8H2/b15-6-. The topological polar surface area (TPSA) is 57.6 Å². The van der Waals surface area contributed by atoms with Crippen molar-refractivity contribution in [3.8, 4) is 5.75 Å². The first kappa shape index (κ1) is 20.2. The minimum absolute atomic E-state index is 0.00979. The molecular weight excluding hydrogens is 422 g/mol. The van der Waals surface area contributed by atoms with Crippen molar-refractivity contribution >= 4 is 40.6 Å². The highest BCUT2D eigenvalue weighted by Crippen LogP contribution is 2.38. The second-order valence-electron chi connectivity index (χ2n) is 5.82. The molecule has 0 aliphatic carbocycles. The smallest absolute Gasteiger partial charge is 0.419 e. The molecule has 0 unspecified atom stereocenters. The van der Waals surface area contributed by atoms with Crippen LogP contribution < -0.4 is 0 Å². The van der Waals surface area contributed by atoms with E-state index in [0.29, 0.717) is 17.8 Å². The third kappa shape index (κ3) is 4.31. The van der Waals surface area contributed by atoms with Crippen molar-refractivity contribution in [1.29, 1.82) is 0 Å². The minimum Gasteiger partial charge on any atom is -0.507 e. The summed E-state index contributed by atoms with van der Waals surface area (Å²) in [6, 6.07) is 6.30. The number of carbonyl (C=O) groups excluding carboxylic acids is 2. The lowest BCUT2D eigenvalue weighted by Crippen LogP contribution is -2.27. The molecule has 1 aliphatic heterocycles. The van der Waals surface area contributed by atoms with Gasteiger partial charge in [-0.05, 0) is 59.3 Å². The molecule has 10 heteroatoms. The first-order chi connectivity index (χ1) is 13.0. The number of hydrogen-bond donors (Lipinski definition) is 1. The van der Waals surface area contributed by atoms with Gasteiger partial charge in [0.25, 0.3) is 11.1 Å². The molecule has 2 aromatic carbocycles. The molecule has 4 nitrogen and oxygen atoms in total. The molecule has 0 aromatic heterocycles. The first-order valence-corrected chi connectivity index (χ1v) is 8.84. The molecule has 1 heterocycles. The predicted octanol–water partition coefficient (Wildman–Crippen LogP) is 5.44. The first-order valence-electron chi connectivity index (χ1n) is 7.65. The van der Waals surface area contributed by atoms with Crippen LogP contribution in [-0.2, 0) is 17.5 Å². The summed E-state index contributed by atoms with van der Waals surface area (Å²) >= 11 is 6.30. The Morgan fingerprint density at radius 2 is 1.86 bits per heavy atom. The van der Waals surface area contributed by atoms with Crippen LogP contribution in [0, 0.1) is 5.82 Å². The third-order valence-electron chi connectivity index (χ3n) is 3.76. The number of carbonyl (C=O) groups is 2. The summed E-state index contributed by atoms with van der Waals surface area (Å²) in [5.41, 5.74) is -0.975. The Hall–Kier alpha value is -2.52. The normalized spacial score (nSPS) is 16.3. The Balaban J connectivity index is 1.87. The van der Waals surface area contributed by atoms with Crippen LogP contribution in [0.5, 0.6) is 5.75 Å². The summed E-state index contributed by atoms with van der Waals surface area (Å²) in [5, 5.41) is 8.81. The number of imide groups is 1. The van der Waals surface area contributed by atoms with Gasteiger partial charge < -0.3 is 5.11 Å². The van der Waals surface area contributed by atoms with Crippen molar-refractivity contribution < 1.29 is 32.3 Å². The zero-order chi connectivity index (χ0) is 20.6. The number of thioether (sulfide) groups is 1. The van der Waals surface area contributed by atoms with Crippen molar-refractivity contribution in [2.24, 2.45) is 0 Å². The van der Waals surface area contributed by atoms with Crippen molar-refractivity contribution in [2.45, 2.75) is 12.7 Å². The van der Waals surface area contributed by atoms with E-state index >= 15 is 0 Å². The molecule has 1 N–H and O–H groups in total. The van der Waals surface area contributed by atoms with E-state index in [2.05, 4.69) is 0 Å². The van der Waals surface area contributed by atoms with Crippen molar-refractivity contribution in [2.75, 3.05) is 0 Å². The molecule has 1 fully saturated rings. The summed E-state index contributed by atoms with van der Waals surface area (Å²) < 4.78 is 52.1. The van der Waals surface area contributed by atoms with E-state index in [-0.39, 0.29) is 27.6 Å². The van der Waals surface area contributed by atoms with Crippen molar-refractivity contribution in [3.63, 3.8) is 0 Å². The van der Waals surface area contributed by atoms with Gasteiger partial charge in [-0.3, -0.25) is 14.5 Å². The molecule has 0 spiro atoms. The van der Waals surface area contributed by atoms with Crippen LogP contribution in [0.25, 0.3) is 6.08 Å². The molecule has 0 saturated carbocycles. The maximum absolute atomic E-state index is 13.4. The Morgan fingerprint density at radius 1 is 1.14 bits per heavy atom. The summed E-state index contributed by atoms with van der Waals surface area (Å²) in [4.78, 5) is 25.3. The van der Waals surface area contributed by atoms with Crippen LogP contribution in [0.1, 0.15) is 16.7 Å². The van der Waals surface area contributed by atoms with Crippen molar-refractivity contribution in [3.05, 3.63) is 68.8 Å². The average Bonchev–Trinajstić information content (AvgIpc) is 2.82. The molecule has 1 aliphatic rings. The third-order valence-corrected chi connectivity index (χ3v) is 4.89. The molecule has 0 radical (unpaired) electrons. The Bertz CT molecular complexity index is 987. The van der Waals surface area contributed by atoms with Crippen LogP contribution in [0.3, 0.4) is 0 Å². The van der Waals surface area contributed by atoms with E-state index in [9.17, 15) is 32.3 Å². The minimum atomic E-state index is -4.77. The number of halogens is 5. The SMILES string of the molecule is O=C1S/C(=C\c2ccc(O)c(C(F)(F)F)c2)C(=O)N1Cc1cc(F)cc(Cl)c1. The fourth-order valence-corrected chi connectivity index (χ4v) is 3.63. The lowest BCUT2D eigenvalue weighted by atomic mass is 10.1. The van der Waals surface area contributed by atoms with E-state index in [1.54, 1.807) is 0 Å². The van der Waals surface area contributed by atoms with Gasteiger partial charge >= 0.3 is 6.18 Å². The van der Waals surface area contributed by atoms with Crippen molar-refractivity contribution in [1.82, 2.24) is 4.90 Å². The number of phenols is 1. The quantitative estimate of drug-likeness (QED) is 0.519. The fourth-order valence-electron chi connectivity index (χ4n) is 2.54. The van der Waals surface area contributed by atoms with E-state index < -0.39 is 34.5 Å². The second-order valence-corrected chi connectivity index (χ2v) is 7.25. The molecule has 2 aromatic rings. The highest BCUT2D eigenvalue weighted by atomic mass is 35.5. The van der Waals surface area contributed by atoms with Crippen LogP contribution in [0.4, 0.5) is 22.4 Å². The maximum Gasteiger partial charge on any atom is 0.419 e. The van der Waals surface area contributed by atoms with Crippen LogP contribution in [-0.4, -0.2) is 21.2 Å². The molecule has 146 valence electrons. The summed E-state index contributed by atoms with van der Waals surface area (Å²) in [6.45, 7) is -0.233. The zero-order valence-electron chi connectivity index (χ0n) is 13.8. The van der Waals surface area contributed by atoms with E-state index in [1.807, 2.05) is 0 Å². The van der Waals surface area contributed by atoms with Crippen LogP contribution in [0.2, 0.25) is 5.02 Å². The lowest BCUT2D eigenvalue weighted by Gasteiger charge is -2.13. The van der Waals surface area contributed by atoms with Gasteiger partial charge in [-0.15, -0.1) is 0 Å². The van der Waals surface area contributed by atoms with E-state index in [0.717, 1.165) is 29.2 Å². The average molecular weight is 432 g/mol. The summed E-state index contributed by atoms with van der Waals surface area (Å²) in [7, 11) is 0. The summed E-state index contributed by atoms with van der Waals surface area (Å²) in [5.74, 6) is -2.30. The number of amides is 2. The van der Waals surface area contributed by atoms with Gasteiger partial charge in [-0.2, -0.15) is 13.2 Å². The van der Waals surface area contributed by atoms with Gasteiger partial charge in [-0.25, -0.2) is 4.39 Å². The van der Waals surface area contributed by atoms with Gasteiger partial charge in [0.1, 0.15) is 11.6 Å². The Morgan fingerprint density at radius 3 is 2.50 bits per heavy atom. The van der Waals surface area contributed by atoms with Gasteiger partial charge in [-0.1, -0.05) is 17.7 Å². The monoisotopic (exact) mass is 431 g/mol. The molecule has 1 saturated heterocycles. The van der Waals surface area contributed by atoms with Gasteiger partial charge in [0.05, 0.1) is 17.0 Å². The number of benzene rings is 2. The van der Waals surface area contributed by atoms with Gasteiger partial charge in [0, 0.05) is 5.02 Å². The number of rotatable bonds is 3. The summed E-state index contributed by atoms with van der Waals surface area (Å²) in [6.07, 6.45) is -3.65. The Labute approximate surface area is 165 Å². The maximum atomic E-state index is 13.4. The van der Waals surface area contributed by atoms with Gasteiger partial charge in [0.15, 0.2) is 0 Å². The highest BCUT2D eigenvalue weighted by molar-refractivity contribution is 8.18. The number of hydrogen-bond acceptors (Lipinski definition) is 4. The molecule has 3 rings (SSSR count). The highest BCUT2D eigenvalue weighted by Gasteiger charge is 2.36. The molecule has 2 amide bonds. The van der Waals surface area contributed by atoms with Crippen LogP contribution >= 0.6 is 23.4 Å². The van der Waals surface area contributed by atoms with Crippen LogP contribution in [0.15, 0.2) is 41.3 Å².